The molecule has 0 unspecified atom stereocenters. The molecule has 0 atom stereocenters. The number of carbonyl (C=O) groups is 1. The lowest BCUT2D eigenvalue weighted by Crippen LogP contribution is -2.01. The molecule has 0 aliphatic carbocycles. The number of ether oxygens (including phenoxy) is 2. The Kier molecular flexibility index (Phi) is 3.41. The van der Waals surface area contributed by atoms with Crippen molar-refractivity contribution >= 4 is 21.9 Å². The summed E-state index contributed by atoms with van der Waals surface area (Å²) in [6.45, 7) is 0. The summed E-state index contributed by atoms with van der Waals surface area (Å²) in [4.78, 5) is 10.8. The first kappa shape index (κ1) is 11.6. The zero-order valence-electron chi connectivity index (χ0n) is 8.07. The fraction of sp³-hybridized carbons (Fsp3) is 0.222. The fourth-order valence-electron chi connectivity index (χ4n) is 1.14. The zero-order chi connectivity index (χ0) is 11.6. The Labute approximate surface area is 94.4 Å². The van der Waals surface area contributed by atoms with E-state index < -0.39 is 5.97 Å². The van der Waals surface area contributed by atoms with Gasteiger partial charge in [-0.3, -0.25) is 0 Å². The second-order valence-corrected chi connectivity index (χ2v) is 3.42. The third kappa shape index (κ3) is 1.99. The van der Waals surface area contributed by atoms with Crippen molar-refractivity contribution < 1.29 is 24.5 Å². The van der Waals surface area contributed by atoms with Crippen LogP contribution in [-0.2, 0) is 0 Å². The molecule has 15 heavy (non-hydrogen) atoms. The van der Waals surface area contributed by atoms with Crippen molar-refractivity contribution in [1.29, 1.82) is 0 Å². The van der Waals surface area contributed by atoms with E-state index in [1.807, 2.05) is 0 Å². The molecular formula is C9H9BrO5. The molecule has 0 saturated heterocycles. The molecule has 1 rings (SSSR count). The zero-order valence-corrected chi connectivity index (χ0v) is 9.66. The summed E-state index contributed by atoms with van der Waals surface area (Å²) in [5.41, 5.74) is -0.257. The average molecular weight is 277 g/mol. The lowest BCUT2D eigenvalue weighted by Gasteiger charge is -2.12. The van der Waals surface area contributed by atoms with Crippen molar-refractivity contribution in [2.24, 2.45) is 0 Å². The van der Waals surface area contributed by atoms with E-state index >= 15 is 0 Å². The first-order chi connectivity index (χ1) is 7.02. The topological polar surface area (TPSA) is 76.0 Å². The lowest BCUT2D eigenvalue weighted by molar-refractivity contribution is 0.0692. The Hall–Kier alpha value is -1.43. The first-order valence-electron chi connectivity index (χ1n) is 3.89. The minimum Gasteiger partial charge on any atom is -0.507 e. The van der Waals surface area contributed by atoms with E-state index in [-0.39, 0.29) is 27.3 Å². The number of carboxylic acid groups (broad SMARTS) is 1. The van der Waals surface area contributed by atoms with Gasteiger partial charge >= 0.3 is 5.97 Å². The molecule has 0 heterocycles. The van der Waals surface area contributed by atoms with Gasteiger partial charge in [-0.25, -0.2) is 4.79 Å². The molecule has 1 aromatic carbocycles. The highest BCUT2D eigenvalue weighted by atomic mass is 79.9. The molecule has 0 radical (unpaired) electrons. The summed E-state index contributed by atoms with van der Waals surface area (Å²) in [6.07, 6.45) is 0. The molecule has 6 heteroatoms. The van der Waals surface area contributed by atoms with Gasteiger partial charge in [0, 0.05) is 6.07 Å². The van der Waals surface area contributed by atoms with Gasteiger partial charge in [0.15, 0.2) is 11.5 Å². The van der Waals surface area contributed by atoms with E-state index in [0.717, 1.165) is 0 Å². The summed E-state index contributed by atoms with van der Waals surface area (Å²) < 4.78 is 10.0. The SMILES string of the molecule is COc1cc(O)c(C(=O)O)c(Br)c1OC. The molecular weight excluding hydrogens is 268 g/mol. The molecule has 0 aliphatic heterocycles. The van der Waals surface area contributed by atoms with Crippen LogP contribution in [0.1, 0.15) is 10.4 Å². The van der Waals surface area contributed by atoms with E-state index in [1.54, 1.807) is 0 Å². The number of aromatic carboxylic acids is 1. The van der Waals surface area contributed by atoms with Gasteiger partial charge in [-0.15, -0.1) is 0 Å². The third-order valence-corrected chi connectivity index (χ3v) is 2.56. The highest BCUT2D eigenvalue weighted by Gasteiger charge is 2.22. The summed E-state index contributed by atoms with van der Waals surface area (Å²) >= 11 is 3.04. The summed E-state index contributed by atoms with van der Waals surface area (Å²) in [7, 11) is 2.77. The molecule has 0 spiro atoms. The third-order valence-electron chi connectivity index (χ3n) is 1.80. The van der Waals surface area contributed by atoms with Gasteiger partial charge in [-0.1, -0.05) is 0 Å². The number of halogens is 1. The number of carboxylic acids is 1. The minimum atomic E-state index is -1.25. The Balaban J connectivity index is 3.51. The molecule has 0 aromatic heterocycles. The van der Waals surface area contributed by atoms with Crippen molar-refractivity contribution in [3.8, 4) is 17.2 Å². The van der Waals surface area contributed by atoms with E-state index in [9.17, 15) is 9.90 Å². The van der Waals surface area contributed by atoms with Crippen LogP contribution in [0, 0.1) is 0 Å². The van der Waals surface area contributed by atoms with Crippen LogP contribution in [0.3, 0.4) is 0 Å². The van der Waals surface area contributed by atoms with Crippen LogP contribution in [0.25, 0.3) is 0 Å². The van der Waals surface area contributed by atoms with Crippen LogP contribution in [0.5, 0.6) is 17.2 Å². The van der Waals surface area contributed by atoms with Crippen LogP contribution >= 0.6 is 15.9 Å². The van der Waals surface area contributed by atoms with Crippen molar-refractivity contribution in [3.05, 3.63) is 16.1 Å². The van der Waals surface area contributed by atoms with E-state index in [4.69, 9.17) is 14.6 Å². The molecule has 1 aromatic rings. The number of hydrogen-bond donors (Lipinski definition) is 2. The standard InChI is InChI=1S/C9H9BrO5/c1-14-5-3-4(11)6(9(12)13)7(10)8(5)15-2/h3,11H,1-2H3,(H,12,13). The monoisotopic (exact) mass is 276 g/mol. The van der Waals surface area contributed by atoms with Gasteiger partial charge < -0.3 is 19.7 Å². The fourth-order valence-corrected chi connectivity index (χ4v) is 1.87. The smallest absolute Gasteiger partial charge is 0.340 e. The van der Waals surface area contributed by atoms with Gasteiger partial charge in [0.2, 0.25) is 0 Å². The average Bonchev–Trinajstić information content (AvgIpc) is 2.16. The molecule has 2 N–H and O–H groups in total. The van der Waals surface area contributed by atoms with E-state index in [0.29, 0.717) is 0 Å². The van der Waals surface area contributed by atoms with Gasteiger partial charge in [-0.05, 0) is 15.9 Å². The molecule has 0 bridgehead atoms. The first-order valence-corrected chi connectivity index (χ1v) is 4.69. The van der Waals surface area contributed by atoms with Gasteiger partial charge in [-0.2, -0.15) is 0 Å². The maximum Gasteiger partial charge on any atom is 0.340 e. The molecule has 0 aliphatic rings. The predicted octanol–water partition coefficient (Wildman–Crippen LogP) is 1.87. The minimum absolute atomic E-state index is 0.148. The maximum atomic E-state index is 10.8. The van der Waals surface area contributed by atoms with Gasteiger partial charge in [0.05, 0.1) is 18.7 Å². The van der Waals surface area contributed by atoms with Crippen LogP contribution in [0.2, 0.25) is 0 Å². The van der Waals surface area contributed by atoms with E-state index in [2.05, 4.69) is 15.9 Å². The quantitative estimate of drug-likeness (QED) is 0.882. The number of rotatable bonds is 3. The Bertz CT molecular complexity index is 402. The lowest BCUT2D eigenvalue weighted by atomic mass is 10.2. The Morgan fingerprint density at radius 1 is 1.40 bits per heavy atom. The second-order valence-electron chi connectivity index (χ2n) is 2.63. The van der Waals surface area contributed by atoms with Crippen LogP contribution < -0.4 is 9.47 Å². The molecule has 0 fully saturated rings. The number of aromatic hydroxyl groups is 1. The van der Waals surface area contributed by atoms with Crippen LogP contribution in [0.4, 0.5) is 0 Å². The van der Waals surface area contributed by atoms with Crippen molar-refractivity contribution in [2.45, 2.75) is 0 Å². The highest BCUT2D eigenvalue weighted by molar-refractivity contribution is 9.10. The number of hydrogen-bond acceptors (Lipinski definition) is 4. The summed E-state index contributed by atoms with van der Waals surface area (Å²) in [5, 5.41) is 18.3. The number of phenols is 1. The van der Waals surface area contributed by atoms with Crippen LogP contribution in [0.15, 0.2) is 10.5 Å². The largest absolute Gasteiger partial charge is 0.507 e. The van der Waals surface area contributed by atoms with Gasteiger partial charge in [0.25, 0.3) is 0 Å². The highest BCUT2D eigenvalue weighted by Crippen LogP contribution is 2.42. The van der Waals surface area contributed by atoms with Crippen molar-refractivity contribution in [3.63, 3.8) is 0 Å². The maximum absolute atomic E-state index is 10.8. The second kappa shape index (κ2) is 4.39. The van der Waals surface area contributed by atoms with Gasteiger partial charge in [0.1, 0.15) is 11.3 Å². The van der Waals surface area contributed by atoms with Crippen molar-refractivity contribution in [2.75, 3.05) is 14.2 Å². The normalized spacial score (nSPS) is 9.80. The van der Waals surface area contributed by atoms with Crippen LogP contribution in [-0.4, -0.2) is 30.4 Å². The summed E-state index contributed by atoms with van der Waals surface area (Å²) in [5.74, 6) is -1.15. The molecule has 5 nitrogen and oxygen atoms in total. The Morgan fingerprint density at radius 2 is 2.00 bits per heavy atom. The molecule has 82 valence electrons. The van der Waals surface area contributed by atoms with Crippen molar-refractivity contribution in [1.82, 2.24) is 0 Å². The number of methoxy groups -OCH3 is 2. The van der Waals surface area contributed by atoms with E-state index in [1.165, 1.54) is 20.3 Å². The molecule has 0 saturated carbocycles. The number of benzene rings is 1. The molecule has 0 amide bonds. The Morgan fingerprint density at radius 3 is 2.40 bits per heavy atom. The summed E-state index contributed by atoms with van der Waals surface area (Å²) in [6, 6.07) is 1.19. The predicted molar refractivity (Wildman–Crippen MR) is 55.9 cm³/mol.